The van der Waals surface area contributed by atoms with Gasteiger partial charge in [-0.1, -0.05) is 17.2 Å². The molecule has 0 aliphatic heterocycles. The Morgan fingerprint density at radius 3 is 2.74 bits per heavy atom. The molecule has 4 aromatic rings. The van der Waals surface area contributed by atoms with Gasteiger partial charge in [0.1, 0.15) is 5.76 Å². The lowest BCUT2D eigenvalue weighted by Gasteiger charge is -1.92. The number of aromatic nitrogens is 7. The number of hydrogen-bond acceptors (Lipinski definition) is 8. The van der Waals surface area contributed by atoms with E-state index in [9.17, 15) is 0 Å². The summed E-state index contributed by atoms with van der Waals surface area (Å²) < 4.78 is 12.1. The normalized spacial score (nSPS) is 11.4. The van der Waals surface area contributed by atoms with Crippen LogP contribution in [0.1, 0.15) is 24.1 Å². The van der Waals surface area contributed by atoms with Gasteiger partial charge in [0.15, 0.2) is 0 Å². The molecule has 9 nitrogen and oxygen atoms in total. The summed E-state index contributed by atoms with van der Waals surface area (Å²) in [4.78, 5) is 12.8. The van der Waals surface area contributed by atoms with Gasteiger partial charge in [0.25, 0.3) is 11.7 Å². The van der Waals surface area contributed by atoms with Gasteiger partial charge >= 0.3 is 0 Å². The topological polar surface area (TPSA) is 108 Å². The first-order chi connectivity index (χ1) is 11.2. The van der Waals surface area contributed by atoms with Gasteiger partial charge in [-0.25, -0.2) is 9.50 Å². The molecule has 4 aromatic heterocycles. The molecule has 0 bridgehead atoms. The Kier molecular flexibility index (Phi) is 2.93. The highest BCUT2D eigenvalue weighted by atomic mass is 16.5. The summed E-state index contributed by atoms with van der Waals surface area (Å²) >= 11 is 0. The van der Waals surface area contributed by atoms with Crippen LogP contribution in [0.4, 0.5) is 0 Å². The van der Waals surface area contributed by atoms with Gasteiger partial charge in [-0.05, 0) is 26.3 Å². The number of hydrogen-bond donors (Lipinski definition) is 0. The molecule has 0 amide bonds. The second-order valence-electron chi connectivity index (χ2n) is 5.07. The lowest BCUT2D eigenvalue weighted by atomic mass is 10.1. The molecule has 23 heavy (non-hydrogen) atoms. The Morgan fingerprint density at radius 2 is 1.96 bits per heavy atom. The Balaban J connectivity index is 1.80. The van der Waals surface area contributed by atoms with E-state index in [1.165, 1.54) is 0 Å². The molecular formula is C14H13N7O2. The summed E-state index contributed by atoms with van der Waals surface area (Å²) in [6.45, 7) is 5.72. The van der Waals surface area contributed by atoms with E-state index < -0.39 is 0 Å². The van der Waals surface area contributed by atoms with Crippen molar-refractivity contribution < 1.29 is 9.05 Å². The predicted octanol–water partition coefficient (Wildman–Crippen LogP) is 2.01. The second kappa shape index (κ2) is 4.97. The minimum absolute atomic E-state index is 0.229. The zero-order chi connectivity index (χ0) is 16.0. The predicted molar refractivity (Wildman–Crippen MR) is 78.4 cm³/mol. The fourth-order valence-electron chi connectivity index (χ4n) is 2.36. The molecule has 0 unspecified atom stereocenters. The fraction of sp³-hybridized carbons (Fsp3) is 0.286. The first-order valence-corrected chi connectivity index (χ1v) is 7.15. The van der Waals surface area contributed by atoms with Crippen LogP contribution < -0.4 is 0 Å². The van der Waals surface area contributed by atoms with Crippen molar-refractivity contribution in [3.63, 3.8) is 0 Å². The first-order valence-electron chi connectivity index (χ1n) is 7.15. The van der Waals surface area contributed by atoms with Crippen LogP contribution in [0, 0.1) is 13.8 Å². The molecule has 0 spiro atoms. The van der Waals surface area contributed by atoms with Crippen molar-refractivity contribution in [2.45, 2.75) is 27.2 Å². The number of aryl methyl sites for hydroxylation is 3. The third kappa shape index (κ3) is 2.08. The maximum Gasteiger partial charge on any atom is 0.297 e. The Labute approximate surface area is 130 Å². The number of nitrogens with zero attached hydrogens (tertiary/aromatic N) is 7. The lowest BCUT2D eigenvalue weighted by molar-refractivity contribution is 0.391. The molecule has 4 rings (SSSR count). The smallest absolute Gasteiger partial charge is 0.297 e. The van der Waals surface area contributed by atoms with Gasteiger partial charge in [0, 0.05) is 11.9 Å². The van der Waals surface area contributed by atoms with Crippen molar-refractivity contribution in [1.82, 2.24) is 34.9 Å². The maximum absolute atomic E-state index is 5.30. The SMILES string of the molecule is CCc1noc(C)c1-c1noc(-c2nc3nccc(C)n3n2)n1. The summed E-state index contributed by atoms with van der Waals surface area (Å²) in [5.74, 6) is 2.11. The molecule has 0 aliphatic carbocycles. The van der Waals surface area contributed by atoms with Gasteiger partial charge in [-0.15, -0.1) is 5.10 Å². The van der Waals surface area contributed by atoms with Gasteiger partial charge < -0.3 is 9.05 Å². The third-order valence-corrected chi connectivity index (χ3v) is 3.54. The average molecular weight is 311 g/mol. The quantitative estimate of drug-likeness (QED) is 0.565. The monoisotopic (exact) mass is 311 g/mol. The standard InChI is InChI=1S/C14H13N7O2/c1-4-9-10(8(3)22-19-9)11-16-13(23-20-11)12-17-14-15-6-5-7(2)21(14)18-12/h5-6H,4H2,1-3H3. The molecule has 0 saturated carbocycles. The van der Waals surface area contributed by atoms with Crippen LogP contribution in [0.3, 0.4) is 0 Å². The third-order valence-electron chi connectivity index (χ3n) is 3.54. The molecule has 9 heteroatoms. The van der Waals surface area contributed by atoms with Crippen molar-refractivity contribution in [3.8, 4) is 23.1 Å². The van der Waals surface area contributed by atoms with E-state index in [1.807, 2.05) is 26.8 Å². The van der Waals surface area contributed by atoms with Crippen LogP contribution >= 0.6 is 0 Å². The van der Waals surface area contributed by atoms with E-state index in [-0.39, 0.29) is 5.89 Å². The van der Waals surface area contributed by atoms with Crippen molar-refractivity contribution >= 4 is 5.78 Å². The molecule has 0 fully saturated rings. The van der Waals surface area contributed by atoms with Gasteiger partial charge in [-0.2, -0.15) is 9.97 Å². The van der Waals surface area contributed by atoms with Crippen molar-refractivity contribution in [3.05, 3.63) is 29.4 Å². The highest BCUT2D eigenvalue weighted by Gasteiger charge is 2.21. The highest BCUT2D eigenvalue weighted by molar-refractivity contribution is 5.61. The van der Waals surface area contributed by atoms with Crippen molar-refractivity contribution in [1.29, 1.82) is 0 Å². The maximum atomic E-state index is 5.30. The number of fused-ring (bicyclic) bond motifs is 1. The zero-order valence-corrected chi connectivity index (χ0v) is 12.8. The van der Waals surface area contributed by atoms with Gasteiger partial charge in [-0.3, -0.25) is 0 Å². The van der Waals surface area contributed by atoms with Crippen LogP contribution in [-0.4, -0.2) is 34.9 Å². The lowest BCUT2D eigenvalue weighted by Crippen LogP contribution is -1.94. The van der Waals surface area contributed by atoms with E-state index in [1.54, 1.807) is 10.7 Å². The summed E-state index contributed by atoms with van der Waals surface area (Å²) in [5, 5.41) is 12.3. The summed E-state index contributed by atoms with van der Waals surface area (Å²) in [6, 6.07) is 1.85. The van der Waals surface area contributed by atoms with E-state index in [0.717, 1.165) is 17.0 Å². The van der Waals surface area contributed by atoms with E-state index >= 15 is 0 Å². The zero-order valence-electron chi connectivity index (χ0n) is 12.8. The van der Waals surface area contributed by atoms with E-state index in [2.05, 4.69) is 30.4 Å². The molecular weight excluding hydrogens is 298 g/mol. The minimum Gasteiger partial charge on any atom is -0.361 e. The van der Waals surface area contributed by atoms with E-state index in [0.29, 0.717) is 29.6 Å². The summed E-state index contributed by atoms with van der Waals surface area (Å²) in [5.41, 5.74) is 2.45. The fourth-order valence-corrected chi connectivity index (χ4v) is 2.36. The van der Waals surface area contributed by atoms with E-state index in [4.69, 9.17) is 9.05 Å². The Hall–Kier alpha value is -3.10. The Morgan fingerprint density at radius 1 is 1.09 bits per heavy atom. The molecule has 4 heterocycles. The van der Waals surface area contributed by atoms with Gasteiger partial charge in [0.05, 0.1) is 11.3 Å². The molecule has 0 saturated heterocycles. The van der Waals surface area contributed by atoms with Crippen LogP contribution in [0.5, 0.6) is 0 Å². The molecule has 0 atom stereocenters. The molecule has 0 radical (unpaired) electrons. The van der Waals surface area contributed by atoms with Gasteiger partial charge in [0.2, 0.25) is 11.6 Å². The second-order valence-corrected chi connectivity index (χ2v) is 5.07. The van der Waals surface area contributed by atoms with Crippen LogP contribution in [0.25, 0.3) is 28.9 Å². The molecule has 116 valence electrons. The largest absolute Gasteiger partial charge is 0.361 e. The summed E-state index contributed by atoms with van der Waals surface area (Å²) in [7, 11) is 0. The average Bonchev–Trinajstić information content (AvgIpc) is 3.24. The van der Waals surface area contributed by atoms with Crippen LogP contribution in [0.15, 0.2) is 21.3 Å². The Bertz CT molecular complexity index is 998. The highest BCUT2D eigenvalue weighted by Crippen LogP contribution is 2.26. The first kappa shape index (κ1) is 13.6. The van der Waals surface area contributed by atoms with Crippen molar-refractivity contribution in [2.75, 3.05) is 0 Å². The summed E-state index contributed by atoms with van der Waals surface area (Å²) in [6.07, 6.45) is 2.39. The number of rotatable bonds is 3. The van der Waals surface area contributed by atoms with Crippen LogP contribution in [0.2, 0.25) is 0 Å². The molecule has 0 N–H and O–H groups in total. The molecule has 0 aromatic carbocycles. The van der Waals surface area contributed by atoms with Crippen LogP contribution in [-0.2, 0) is 6.42 Å². The molecule has 0 aliphatic rings. The van der Waals surface area contributed by atoms with Crippen molar-refractivity contribution in [2.24, 2.45) is 0 Å². The minimum atomic E-state index is 0.229.